The zero-order valence-corrected chi connectivity index (χ0v) is 19.6. The van der Waals surface area contributed by atoms with E-state index in [0.29, 0.717) is 23.7 Å². The molecule has 0 heterocycles. The maximum atomic E-state index is 13.5. The second-order valence-corrected chi connectivity index (χ2v) is 9.48. The number of sulfonamides is 1. The van der Waals surface area contributed by atoms with Gasteiger partial charge in [0, 0.05) is 5.69 Å². The van der Waals surface area contributed by atoms with Crippen LogP contribution < -0.4 is 14.4 Å². The molecular formula is C25H28N2O4S. The first-order chi connectivity index (χ1) is 15.2. The zero-order valence-electron chi connectivity index (χ0n) is 18.8. The van der Waals surface area contributed by atoms with E-state index in [1.807, 2.05) is 45.9 Å². The van der Waals surface area contributed by atoms with Crippen molar-refractivity contribution in [2.45, 2.75) is 32.6 Å². The number of benzene rings is 3. The van der Waals surface area contributed by atoms with Gasteiger partial charge in [0.15, 0.2) is 0 Å². The van der Waals surface area contributed by atoms with Gasteiger partial charge in [0.2, 0.25) is 5.91 Å². The molecular weight excluding hydrogens is 424 g/mol. The average molecular weight is 453 g/mol. The molecule has 0 aliphatic carbocycles. The minimum Gasteiger partial charge on any atom is -0.494 e. The molecule has 3 aromatic carbocycles. The lowest BCUT2D eigenvalue weighted by atomic mass is 10.1. The van der Waals surface area contributed by atoms with Crippen LogP contribution in [0.2, 0.25) is 0 Å². The van der Waals surface area contributed by atoms with Crippen LogP contribution in [0.4, 0.5) is 11.4 Å². The van der Waals surface area contributed by atoms with Gasteiger partial charge in [-0.15, -0.1) is 0 Å². The third-order valence-electron chi connectivity index (χ3n) is 5.00. The molecule has 6 nitrogen and oxygen atoms in total. The molecule has 0 saturated carbocycles. The Morgan fingerprint density at radius 1 is 0.906 bits per heavy atom. The number of amides is 1. The first-order valence-corrected chi connectivity index (χ1v) is 11.8. The number of carbonyl (C=O) groups excluding carboxylic acids is 1. The number of carbonyl (C=O) groups is 1. The Morgan fingerprint density at radius 3 is 2.16 bits per heavy atom. The minimum absolute atomic E-state index is 0.122. The van der Waals surface area contributed by atoms with Crippen molar-refractivity contribution in [3.63, 3.8) is 0 Å². The van der Waals surface area contributed by atoms with Crippen LogP contribution in [-0.2, 0) is 14.8 Å². The number of aryl methyl sites for hydroxylation is 3. The summed E-state index contributed by atoms with van der Waals surface area (Å²) in [6.45, 7) is 7.73. The molecule has 1 N–H and O–H groups in total. The monoisotopic (exact) mass is 452 g/mol. The standard InChI is InChI=1S/C25H28N2O4S/c1-5-31-22-12-10-21(11-13-22)27(32(29,30)23-14-7-18(2)8-15-23)17-25(28)26-24-16-19(3)6-9-20(24)4/h6-16H,5,17H2,1-4H3,(H,26,28). The second-order valence-electron chi connectivity index (χ2n) is 7.62. The Balaban J connectivity index is 1.95. The third kappa shape index (κ3) is 5.48. The van der Waals surface area contributed by atoms with E-state index >= 15 is 0 Å². The number of ether oxygens (including phenoxy) is 1. The van der Waals surface area contributed by atoms with E-state index in [1.54, 1.807) is 48.5 Å². The second kappa shape index (κ2) is 9.87. The van der Waals surface area contributed by atoms with Gasteiger partial charge < -0.3 is 10.1 Å². The first kappa shape index (κ1) is 23.3. The Kier molecular flexibility index (Phi) is 7.20. The van der Waals surface area contributed by atoms with E-state index in [9.17, 15) is 13.2 Å². The molecule has 0 saturated heterocycles. The minimum atomic E-state index is -3.97. The molecule has 0 spiro atoms. The highest BCUT2D eigenvalue weighted by atomic mass is 32.2. The van der Waals surface area contributed by atoms with E-state index in [0.717, 1.165) is 21.0 Å². The van der Waals surface area contributed by atoms with Gasteiger partial charge in [0.05, 0.1) is 17.2 Å². The summed E-state index contributed by atoms with van der Waals surface area (Å²) in [7, 11) is -3.97. The predicted octanol–water partition coefficient (Wildman–Crippen LogP) is 4.84. The lowest BCUT2D eigenvalue weighted by Gasteiger charge is -2.24. The molecule has 0 aromatic heterocycles. The van der Waals surface area contributed by atoms with Crippen molar-refractivity contribution in [2.24, 2.45) is 0 Å². The van der Waals surface area contributed by atoms with Gasteiger partial charge in [0.25, 0.3) is 10.0 Å². The lowest BCUT2D eigenvalue weighted by molar-refractivity contribution is -0.114. The Labute approximate surface area is 189 Å². The van der Waals surface area contributed by atoms with E-state index in [-0.39, 0.29) is 11.4 Å². The molecule has 0 bridgehead atoms. The highest BCUT2D eigenvalue weighted by Crippen LogP contribution is 2.26. The van der Waals surface area contributed by atoms with Gasteiger partial charge in [-0.2, -0.15) is 0 Å². The SMILES string of the molecule is CCOc1ccc(N(CC(=O)Nc2cc(C)ccc2C)S(=O)(=O)c2ccc(C)cc2)cc1. The number of nitrogens with zero attached hydrogens (tertiary/aromatic N) is 1. The molecule has 3 aromatic rings. The molecule has 32 heavy (non-hydrogen) atoms. The van der Waals surface area contributed by atoms with Crippen molar-refractivity contribution in [1.82, 2.24) is 0 Å². The fourth-order valence-electron chi connectivity index (χ4n) is 3.22. The van der Waals surface area contributed by atoms with Gasteiger partial charge >= 0.3 is 0 Å². The lowest BCUT2D eigenvalue weighted by Crippen LogP contribution is -2.38. The van der Waals surface area contributed by atoms with Crippen LogP contribution in [0.1, 0.15) is 23.6 Å². The smallest absolute Gasteiger partial charge is 0.264 e. The van der Waals surface area contributed by atoms with E-state index in [2.05, 4.69) is 5.32 Å². The van der Waals surface area contributed by atoms with Gasteiger partial charge in [-0.05, 0) is 81.3 Å². The molecule has 168 valence electrons. The van der Waals surface area contributed by atoms with E-state index in [4.69, 9.17) is 4.74 Å². The summed E-state index contributed by atoms with van der Waals surface area (Å²) in [5.41, 5.74) is 3.89. The summed E-state index contributed by atoms with van der Waals surface area (Å²) in [5, 5.41) is 2.85. The van der Waals surface area contributed by atoms with Crippen LogP contribution in [-0.4, -0.2) is 27.5 Å². The summed E-state index contributed by atoms with van der Waals surface area (Å²) in [4.78, 5) is 13.0. The van der Waals surface area contributed by atoms with E-state index < -0.39 is 15.9 Å². The maximum Gasteiger partial charge on any atom is 0.264 e. The van der Waals surface area contributed by atoms with Crippen LogP contribution in [0.3, 0.4) is 0 Å². The molecule has 1 amide bonds. The quantitative estimate of drug-likeness (QED) is 0.530. The van der Waals surface area contributed by atoms with E-state index in [1.165, 1.54) is 0 Å². The summed E-state index contributed by atoms with van der Waals surface area (Å²) in [6, 6.07) is 19.0. The number of anilines is 2. The van der Waals surface area contributed by atoms with Crippen LogP contribution in [0.25, 0.3) is 0 Å². The molecule has 7 heteroatoms. The highest BCUT2D eigenvalue weighted by Gasteiger charge is 2.27. The molecule has 0 atom stereocenters. The van der Waals surface area contributed by atoms with Crippen molar-refractivity contribution in [3.05, 3.63) is 83.4 Å². The fraction of sp³-hybridized carbons (Fsp3) is 0.240. The molecule has 3 rings (SSSR count). The van der Waals surface area contributed by atoms with Crippen LogP contribution in [0.15, 0.2) is 71.6 Å². The Morgan fingerprint density at radius 2 is 1.53 bits per heavy atom. The number of nitrogens with one attached hydrogen (secondary N) is 1. The van der Waals surface area contributed by atoms with Crippen molar-refractivity contribution in [3.8, 4) is 5.75 Å². The normalized spacial score (nSPS) is 11.1. The summed E-state index contributed by atoms with van der Waals surface area (Å²) in [6.07, 6.45) is 0. The highest BCUT2D eigenvalue weighted by molar-refractivity contribution is 7.92. The van der Waals surface area contributed by atoms with Gasteiger partial charge in [-0.1, -0.05) is 29.8 Å². The summed E-state index contributed by atoms with van der Waals surface area (Å²) >= 11 is 0. The van der Waals surface area contributed by atoms with Gasteiger partial charge in [-0.25, -0.2) is 8.42 Å². The van der Waals surface area contributed by atoms with Crippen molar-refractivity contribution < 1.29 is 17.9 Å². The summed E-state index contributed by atoms with van der Waals surface area (Å²) < 4.78 is 33.5. The first-order valence-electron chi connectivity index (χ1n) is 10.4. The average Bonchev–Trinajstić information content (AvgIpc) is 2.76. The maximum absolute atomic E-state index is 13.5. The van der Waals surface area contributed by atoms with Crippen molar-refractivity contribution >= 4 is 27.3 Å². The topological polar surface area (TPSA) is 75.7 Å². The Bertz CT molecular complexity index is 1190. The van der Waals surface area contributed by atoms with Gasteiger partial charge in [-0.3, -0.25) is 9.10 Å². The fourth-order valence-corrected chi connectivity index (χ4v) is 4.64. The van der Waals surface area contributed by atoms with Crippen LogP contribution >= 0.6 is 0 Å². The van der Waals surface area contributed by atoms with Crippen molar-refractivity contribution in [1.29, 1.82) is 0 Å². The zero-order chi connectivity index (χ0) is 23.3. The molecule has 0 aliphatic heterocycles. The van der Waals surface area contributed by atoms with Crippen LogP contribution in [0.5, 0.6) is 5.75 Å². The molecule has 0 radical (unpaired) electrons. The molecule has 0 unspecified atom stereocenters. The predicted molar refractivity (Wildman–Crippen MR) is 128 cm³/mol. The summed E-state index contributed by atoms with van der Waals surface area (Å²) in [5.74, 6) is 0.201. The van der Waals surface area contributed by atoms with Gasteiger partial charge in [0.1, 0.15) is 12.3 Å². The van der Waals surface area contributed by atoms with Crippen molar-refractivity contribution in [2.75, 3.05) is 22.8 Å². The number of hydrogen-bond donors (Lipinski definition) is 1. The number of hydrogen-bond acceptors (Lipinski definition) is 4. The third-order valence-corrected chi connectivity index (χ3v) is 6.79. The van der Waals surface area contributed by atoms with Crippen LogP contribution in [0, 0.1) is 20.8 Å². The largest absolute Gasteiger partial charge is 0.494 e. The molecule has 0 aliphatic rings. The molecule has 0 fully saturated rings. The Hall–Kier alpha value is -3.32. The number of rotatable bonds is 8.